The monoisotopic (exact) mass is 279 g/mol. The maximum atomic E-state index is 11.2. The van der Waals surface area contributed by atoms with Crippen molar-refractivity contribution in [3.63, 3.8) is 0 Å². The zero-order valence-corrected chi connectivity index (χ0v) is 12.3. The van der Waals surface area contributed by atoms with Crippen LogP contribution in [0.2, 0.25) is 0 Å². The van der Waals surface area contributed by atoms with Gasteiger partial charge in [-0.1, -0.05) is 33.8 Å². The Bertz CT molecular complexity index is 681. The van der Waals surface area contributed by atoms with Crippen molar-refractivity contribution >= 4 is 22.7 Å². The van der Waals surface area contributed by atoms with Gasteiger partial charge in [0, 0.05) is 0 Å². The third-order valence-corrected chi connectivity index (χ3v) is 5.69. The molecule has 19 heavy (non-hydrogen) atoms. The first kappa shape index (κ1) is 12.8. The summed E-state index contributed by atoms with van der Waals surface area (Å²) >= 11 is 6.65. The second-order valence-electron chi connectivity index (χ2n) is 6.59. The number of halogens is 1. The molecule has 2 aromatic rings. The van der Waals surface area contributed by atoms with Crippen LogP contribution in [-0.4, -0.2) is 4.98 Å². The topological polar surface area (TPSA) is 46.0 Å². The van der Waals surface area contributed by atoms with Crippen LogP contribution in [0.4, 0.5) is 0 Å². The number of fused-ring (bicyclic) bond motifs is 1. The molecule has 1 fully saturated rings. The highest BCUT2D eigenvalue weighted by Crippen LogP contribution is 2.73. The molecule has 1 aromatic carbocycles. The average Bonchev–Trinajstić information content (AvgIpc) is 2.58. The van der Waals surface area contributed by atoms with Crippen LogP contribution in [0, 0.1) is 16.7 Å². The molecule has 1 aromatic heterocycles. The van der Waals surface area contributed by atoms with E-state index in [1.807, 2.05) is 18.2 Å². The fourth-order valence-electron chi connectivity index (χ4n) is 3.31. The molecular weight excluding hydrogens is 262 g/mol. The molecule has 1 heterocycles. The molecule has 0 amide bonds. The number of aromatic nitrogens is 1. The molecule has 3 nitrogen and oxygen atoms in total. The van der Waals surface area contributed by atoms with Crippen molar-refractivity contribution in [2.24, 2.45) is 16.7 Å². The van der Waals surface area contributed by atoms with Gasteiger partial charge in [-0.2, -0.15) is 0 Å². The Labute approximate surface area is 117 Å². The first-order valence-corrected chi connectivity index (χ1v) is 6.95. The summed E-state index contributed by atoms with van der Waals surface area (Å²) in [6.45, 7) is 9.01. The third-order valence-electron chi connectivity index (χ3n) is 5.19. The zero-order valence-electron chi connectivity index (χ0n) is 11.6. The minimum Gasteiger partial charge on any atom is -0.408 e. The molecule has 0 aliphatic heterocycles. The van der Waals surface area contributed by atoms with Gasteiger partial charge in [0.15, 0.2) is 5.58 Å². The standard InChI is InChI=1S/C15H18ClNO2/c1-14(2)12(15(14,3)4)11(16)8-5-6-9-10(7-8)19-13(18)17-9/h5-7,11-12H,1-4H3,(H,17,18). The van der Waals surface area contributed by atoms with E-state index in [0.717, 1.165) is 5.56 Å². The summed E-state index contributed by atoms with van der Waals surface area (Å²) in [5, 5.41) is -0.0606. The predicted molar refractivity (Wildman–Crippen MR) is 76.5 cm³/mol. The van der Waals surface area contributed by atoms with Gasteiger partial charge in [-0.15, -0.1) is 11.6 Å². The number of hydrogen-bond acceptors (Lipinski definition) is 2. The molecule has 0 spiro atoms. The smallest absolute Gasteiger partial charge is 0.408 e. The predicted octanol–water partition coefficient (Wildman–Crippen LogP) is 4.08. The molecule has 1 aliphatic carbocycles. The van der Waals surface area contributed by atoms with Crippen molar-refractivity contribution in [3.05, 3.63) is 34.3 Å². The summed E-state index contributed by atoms with van der Waals surface area (Å²) in [7, 11) is 0. The van der Waals surface area contributed by atoms with Crippen molar-refractivity contribution in [1.29, 1.82) is 0 Å². The summed E-state index contributed by atoms with van der Waals surface area (Å²) < 4.78 is 5.09. The van der Waals surface area contributed by atoms with Gasteiger partial charge in [-0.3, -0.25) is 4.98 Å². The molecule has 3 rings (SSSR count). The zero-order chi connectivity index (χ0) is 14.0. The largest absolute Gasteiger partial charge is 0.417 e. The Morgan fingerprint density at radius 1 is 1.26 bits per heavy atom. The fraction of sp³-hybridized carbons (Fsp3) is 0.533. The van der Waals surface area contributed by atoms with Crippen molar-refractivity contribution in [2.45, 2.75) is 33.1 Å². The summed E-state index contributed by atoms with van der Waals surface area (Å²) in [4.78, 5) is 13.8. The van der Waals surface area contributed by atoms with Gasteiger partial charge in [0.25, 0.3) is 0 Å². The first-order valence-electron chi connectivity index (χ1n) is 6.52. The summed E-state index contributed by atoms with van der Waals surface area (Å²) in [5.74, 6) is -0.00451. The van der Waals surface area contributed by atoms with Crippen LogP contribution in [0.1, 0.15) is 38.6 Å². The first-order chi connectivity index (χ1) is 8.75. The number of oxazole rings is 1. The lowest BCUT2D eigenvalue weighted by molar-refractivity contribution is 0.457. The van der Waals surface area contributed by atoms with Gasteiger partial charge in [-0.05, 0) is 34.4 Å². The van der Waals surface area contributed by atoms with E-state index in [9.17, 15) is 4.79 Å². The number of aromatic amines is 1. The van der Waals surface area contributed by atoms with Crippen molar-refractivity contribution in [3.8, 4) is 0 Å². The number of rotatable bonds is 2. The molecule has 0 bridgehead atoms. The maximum Gasteiger partial charge on any atom is 0.417 e. The van der Waals surface area contributed by atoms with E-state index < -0.39 is 5.76 Å². The van der Waals surface area contributed by atoms with Crippen LogP contribution in [0.5, 0.6) is 0 Å². The number of alkyl halides is 1. The number of hydrogen-bond donors (Lipinski definition) is 1. The minimum atomic E-state index is -0.426. The highest BCUT2D eigenvalue weighted by atomic mass is 35.5. The number of benzene rings is 1. The van der Waals surface area contributed by atoms with Crippen LogP contribution in [0.3, 0.4) is 0 Å². The molecule has 1 atom stereocenters. The van der Waals surface area contributed by atoms with Crippen LogP contribution < -0.4 is 5.76 Å². The molecule has 0 saturated heterocycles. The lowest BCUT2D eigenvalue weighted by Gasteiger charge is -2.11. The summed E-state index contributed by atoms with van der Waals surface area (Å²) in [6.07, 6.45) is 0. The Hall–Kier alpha value is -1.22. The van der Waals surface area contributed by atoms with E-state index in [4.69, 9.17) is 16.0 Å². The van der Waals surface area contributed by atoms with E-state index in [-0.39, 0.29) is 16.2 Å². The maximum absolute atomic E-state index is 11.2. The van der Waals surface area contributed by atoms with Crippen LogP contribution >= 0.6 is 11.6 Å². The van der Waals surface area contributed by atoms with Crippen molar-refractivity contribution < 1.29 is 4.42 Å². The highest BCUT2D eigenvalue weighted by Gasteiger charge is 2.67. The van der Waals surface area contributed by atoms with Gasteiger partial charge < -0.3 is 4.42 Å². The van der Waals surface area contributed by atoms with E-state index in [0.29, 0.717) is 17.0 Å². The number of nitrogens with one attached hydrogen (secondary N) is 1. The van der Waals surface area contributed by atoms with Crippen LogP contribution in [0.25, 0.3) is 11.1 Å². The normalized spacial score (nSPS) is 22.6. The van der Waals surface area contributed by atoms with E-state index >= 15 is 0 Å². The molecule has 4 heteroatoms. The lowest BCUT2D eigenvalue weighted by Crippen LogP contribution is -1.99. The van der Waals surface area contributed by atoms with E-state index in [1.54, 1.807) is 0 Å². The molecule has 1 unspecified atom stereocenters. The summed E-state index contributed by atoms with van der Waals surface area (Å²) in [5.41, 5.74) is 2.76. The fourth-order valence-corrected chi connectivity index (χ4v) is 4.07. The van der Waals surface area contributed by atoms with Crippen molar-refractivity contribution in [2.75, 3.05) is 0 Å². The molecular formula is C15H18ClNO2. The SMILES string of the molecule is CC1(C)C(C(Cl)c2ccc3[nH]c(=O)oc3c2)C1(C)C. The Balaban J connectivity index is 1.99. The van der Waals surface area contributed by atoms with Crippen LogP contribution in [0.15, 0.2) is 27.4 Å². The summed E-state index contributed by atoms with van der Waals surface area (Å²) in [6, 6.07) is 5.69. The van der Waals surface area contributed by atoms with Crippen LogP contribution in [-0.2, 0) is 0 Å². The Morgan fingerprint density at radius 2 is 1.89 bits per heavy atom. The molecule has 0 radical (unpaired) electrons. The molecule has 1 N–H and O–H groups in total. The Kier molecular flexibility index (Phi) is 2.47. The molecule has 1 saturated carbocycles. The van der Waals surface area contributed by atoms with Crippen molar-refractivity contribution in [1.82, 2.24) is 4.98 Å². The van der Waals surface area contributed by atoms with Gasteiger partial charge in [-0.25, -0.2) is 4.79 Å². The van der Waals surface area contributed by atoms with E-state index in [2.05, 4.69) is 32.7 Å². The van der Waals surface area contributed by atoms with E-state index in [1.165, 1.54) is 0 Å². The minimum absolute atomic E-state index is 0.0606. The highest BCUT2D eigenvalue weighted by molar-refractivity contribution is 6.21. The van der Waals surface area contributed by atoms with Gasteiger partial charge in [0.2, 0.25) is 0 Å². The van der Waals surface area contributed by atoms with Gasteiger partial charge in [0.05, 0.1) is 10.9 Å². The van der Waals surface area contributed by atoms with Gasteiger partial charge >= 0.3 is 5.76 Å². The number of H-pyrrole nitrogens is 1. The quantitative estimate of drug-likeness (QED) is 0.842. The molecule has 102 valence electrons. The second kappa shape index (κ2) is 3.66. The third kappa shape index (κ3) is 1.68. The lowest BCUT2D eigenvalue weighted by atomic mass is 10.0. The Morgan fingerprint density at radius 3 is 2.47 bits per heavy atom. The van der Waals surface area contributed by atoms with Gasteiger partial charge in [0.1, 0.15) is 0 Å². The molecule has 1 aliphatic rings. The average molecular weight is 280 g/mol. The second-order valence-corrected chi connectivity index (χ2v) is 7.06.